The molecule has 0 spiro atoms. The number of nitrogens with zero attached hydrogens (tertiary/aromatic N) is 2. The lowest BCUT2D eigenvalue weighted by Crippen LogP contribution is -1.99. The molecule has 12 heavy (non-hydrogen) atoms. The van der Waals surface area contributed by atoms with Gasteiger partial charge in [-0.3, -0.25) is 0 Å². The fourth-order valence-corrected chi connectivity index (χ4v) is 1.84. The Labute approximate surface area is 74.8 Å². The predicted molar refractivity (Wildman–Crippen MR) is 49.7 cm³/mol. The van der Waals surface area contributed by atoms with Crippen LogP contribution in [-0.4, -0.2) is 15.2 Å². The van der Waals surface area contributed by atoms with Gasteiger partial charge in [-0.25, -0.2) is 9.97 Å². The number of hydrogen-bond acceptors (Lipinski definition) is 5. The highest BCUT2D eigenvalue weighted by atomic mass is 32.2. The van der Waals surface area contributed by atoms with Gasteiger partial charge in [0.25, 0.3) is 0 Å². The van der Waals surface area contributed by atoms with E-state index < -0.39 is 0 Å². The van der Waals surface area contributed by atoms with Gasteiger partial charge in [0.1, 0.15) is 11.6 Å². The fourth-order valence-electron chi connectivity index (χ4n) is 0.850. The Morgan fingerprint density at radius 3 is 2.33 bits per heavy atom. The largest absolute Gasteiger partial charge is 0.383 e. The Morgan fingerprint density at radius 2 is 1.83 bits per heavy atom. The van der Waals surface area contributed by atoms with Crippen molar-refractivity contribution in [3.05, 3.63) is 6.07 Å². The maximum atomic E-state index is 5.51. The van der Waals surface area contributed by atoms with Crippen LogP contribution < -0.4 is 11.5 Å². The molecule has 4 nitrogen and oxygen atoms in total. The smallest absolute Gasteiger partial charge is 0.191 e. The van der Waals surface area contributed by atoms with Crippen molar-refractivity contribution in [1.29, 1.82) is 0 Å². The van der Waals surface area contributed by atoms with Crippen LogP contribution in [0.5, 0.6) is 0 Å². The first kappa shape index (κ1) is 7.67. The highest BCUT2D eigenvalue weighted by Gasteiger charge is 2.23. The van der Waals surface area contributed by atoms with E-state index in [0.29, 0.717) is 22.0 Å². The Hall–Kier alpha value is -0.970. The molecule has 0 aliphatic heterocycles. The second-order valence-electron chi connectivity index (χ2n) is 2.82. The highest BCUT2D eigenvalue weighted by molar-refractivity contribution is 8.00. The maximum Gasteiger partial charge on any atom is 0.191 e. The summed E-state index contributed by atoms with van der Waals surface area (Å²) in [6.07, 6.45) is 2.51. The molecule has 1 heterocycles. The van der Waals surface area contributed by atoms with E-state index in [1.165, 1.54) is 12.8 Å². The molecule has 1 fully saturated rings. The van der Waals surface area contributed by atoms with Crippen molar-refractivity contribution in [1.82, 2.24) is 9.97 Å². The summed E-state index contributed by atoms with van der Waals surface area (Å²) in [4.78, 5) is 8.13. The second kappa shape index (κ2) is 2.82. The molecule has 5 heteroatoms. The van der Waals surface area contributed by atoms with Gasteiger partial charge in [-0.1, -0.05) is 11.8 Å². The lowest BCUT2D eigenvalue weighted by atomic mass is 10.5. The van der Waals surface area contributed by atoms with Gasteiger partial charge in [-0.05, 0) is 12.8 Å². The number of aromatic nitrogens is 2. The lowest BCUT2D eigenvalue weighted by molar-refractivity contribution is 0.984. The van der Waals surface area contributed by atoms with E-state index in [2.05, 4.69) is 9.97 Å². The first-order valence-electron chi connectivity index (χ1n) is 3.81. The Balaban J connectivity index is 2.18. The van der Waals surface area contributed by atoms with Crippen LogP contribution in [0.2, 0.25) is 0 Å². The standard InChI is InChI=1S/C7H10N4S/c8-5-3-6(9)11-7(10-5)12-4-1-2-4/h3-4H,1-2H2,(H4,8,9,10,11). The molecule has 1 aliphatic carbocycles. The topological polar surface area (TPSA) is 77.8 Å². The normalized spacial score (nSPS) is 16.3. The van der Waals surface area contributed by atoms with Gasteiger partial charge >= 0.3 is 0 Å². The number of nitrogen functional groups attached to an aromatic ring is 2. The number of nitrogens with two attached hydrogens (primary N) is 2. The molecule has 1 saturated carbocycles. The van der Waals surface area contributed by atoms with E-state index in [0.717, 1.165) is 0 Å². The van der Waals surface area contributed by atoms with Crippen molar-refractivity contribution >= 4 is 23.4 Å². The van der Waals surface area contributed by atoms with E-state index in [1.54, 1.807) is 17.8 Å². The molecular weight excluding hydrogens is 172 g/mol. The minimum absolute atomic E-state index is 0.450. The number of anilines is 2. The van der Waals surface area contributed by atoms with Crippen LogP contribution in [0.15, 0.2) is 11.2 Å². The number of hydrogen-bond donors (Lipinski definition) is 2. The maximum absolute atomic E-state index is 5.51. The van der Waals surface area contributed by atoms with Crippen LogP contribution in [0.4, 0.5) is 11.6 Å². The molecule has 0 amide bonds. The SMILES string of the molecule is Nc1cc(N)nc(SC2CC2)n1. The molecule has 1 aliphatic rings. The predicted octanol–water partition coefficient (Wildman–Crippen LogP) is 0.896. The summed E-state index contributed by atoms with van der Waals surface area (Å²) in [5, 5.41) is 1.39. The Morgan fingerprint density at radius 1 is 1.25 bits per heavy atom. The average Bonchev–Trinajstić information content (AvgIpc) is 2.68. The van der Waals surface area contributed by atoms with Crippen LogP contribution in [-0.2, 0) is 0 Å². The van der Waals surface area contributed by atoms with Gasteiger partial charge in [0.05, 0.1) is 0 Å². The summed E-state index contributed by atoms with van der Waals surface area (Å²) in [5.41, 5.74) is 11.0. The van der Waals surface area contributed by atoms with Crippen LogP contribution in [0.3, 0.4) is 0 Å². The molecule has 1 aromatic heterocycles. The van der Waals surface area contributed by atoms with Crippen LogP contribution >= 0.6 is 11.8 Å². The zero-order valence-corrected chi connectivity index (χ0v) is 7.34. The summed E-state index contributed by atoms with van der Waals surface area (Å²) < 4.78 is 0. The van der Waals surface area contributed by atoms with Gasteiger partial charge in [0.15, 0.2) is 5.16 Å². The second-order valence-corrected chi connectivity index (χ2v) is 4.08. The average molecular weight is 182 g/mol. The van der Waals surface area contributed by atoms with Gasteiger partial charge in [0, 0.05) is 11.3 Å². The molecule has 2 rings (SSSR count). The zero-order chi connectivity index (χ0) is 8.55. The molecular formula is C7H10N4S. The van der Waals surface area contributed by atoms with E-state index in [-0.39, 0.29) is 0 Å². The lowest BCUT2D eigenvalue weighted by Gasteiger charge is -2.00. The molecule has 64 valence electrons. The van der Waals surface area contributed by atoms with Crippen molar-refractivity contribution in [2.75, 3.05) is 11.5 Å². The van der Waals surface area contributed by atoms with Gasteiger partial charge in [-0.15, -0.1) is 0 Å². The fraction of sp³-hybridized carbons (Fsp3) is 0.429. The third kappa shape index (κ3) is 1.79. The molecule has 0 unspecified atom stereocenters. The first-order chi connectivity index (χ1) is 5.74. The Kier molecular flexibility index (Phi) is 1.80. The van der Waals surface area contributed by atoms with Gasteiger partial charge in [0.2, 0.25) is 0 Å². The van der Waals surface area contributed by atoms with E-state index in [9.17, 15) is 0 Å². The summed E-state index contributed by atoms with van der Waals surface area (Å²) in [7, 11) is 0. The molecule has 1 aromatic rings. The number of thioether (sulfide) groups is 1. The molecule has 0 bridgehead atoms. The summed E-state index contributed by atoms with van der Waals surface area (Å²) in [5.74, 6) is 0.899. The van der Waals surface area contributed by atoms with Crippen molar-refractivity contribution in [2.24, 2.45) is 0 Å². The van der Waals surface area contributed by atoms with Crippen LogP contribution in [0.25, 0.3) is 0 Å². The van der Waals surface area contributed by atoms with Gasteiger partial charge < -0.3 is 11.5 Å². The number of rotatable bonds is 2. The first-order valence-corrected chi connectivity index (χ1v) is 4.69. The molecule has 4 N–H and O–H groups in total. The monoisotopic (exact) mass is 182 g/mol. The summed E-state index contributed by atoms with van der Waals surface area (Å²) in [6, 6.07) is 1.57. The zero-order valence-electron chi connectivity index (χ0n) is 6.53. The third-order valence-electron chi connectivity index (χ3n) is 1.54. The molecule has 0 radical (unpaired) electrons. The van der Waals surface area contributed by atoms with Crippen LogP contribution in [0, 0.1) is 0 Å². The minimum atomic E-state index is 0.450. The van der Waals surface area contributed by atoms with Crippen molar-refractivity contribution in [2.45, 2.75) is 23.2 Å². The Bertz CT molecular complexity index is 277. The minimum Gasteiger partial charge on any atom is -0.383 e. The summed E-state index contributed by atoms with van der Waals surface area (Å²) in [6.45, 7) is 0. The molecule has 0 aromatic carbocycles. The van der Waals surface area contributed by atoms with Crippen LogP contribution in [0.1, 0.15) is 12.8 Å². The van der Waals surface area contributed by atoms with Crippen molar-refractivity contribution in [3.8, 4) is 0 Å². The summed E-state index contributed by atoms with van der Waals surface area (Å²) >= 11 is 1.66. The van der Waals surface area contributed by atoms with E-state index in [1.807, 2.05) is 0 Å². The van der Waals surface area contributed by atoms with E-state index in [4.69, 9.17) is 11.5 Å². The quantitative estimate of drug-likeness (QED) is 0.664. The molecule has 0 atom stereocenters. The van der Waals surface area contributed by atoms with Crippen molar-refractivity contribution < 1.29 is 0 Å². The van der Waals surface area contributed by atoms with Gasteiger partial charge in [-0.2, -0.15) is 0 Å². The molecule has 0 saturated heterocycles. The highest BCUT2D eigenvalue weighted by Crippen LogP contribution is 2.37. The van der Waals surface area contributed by atoms with Crippen molar-refractivity contribution in [3.63, 3.8) is 0 Å². The van der Waals surface area contributed by atoms with E-state index >= 15 is 0 Å². The third-order valence-corrected chi connectivity index (χ3v) is 2.74.